The molecule has 2 N–H and O–H groups in total. The minimum absolute atomic E-state index is 0.0516. The van der Waals surface area contributed by atoms with Crippen molar-refractivity contribution in [2.75, 3.05) is 10.8 Å². The Balaban J connectivity index is 1.77. The zero-order chi connectivity index (χ0) is 20.6. The first-order valence-electron chi connectivity index (χ1n) is 8.94. The molecule has 0 bridgehead atoms. The van der Waals surface area contributed by atoms with Gasteiger partial charge in [-0.1, -0.05) is 36.4 Å². The molecule has 1 aliphatic heterocycles. The zero-order valence-electron chi connectivity index (χ0n) is 15.3. The van der Waals surface area contributed by atoms with E-state index in [1.807, 2.05) is 47.2 Å². The molecule has 4 rings (SSSR count). The Morgan fingerprint density at radius 1 is 1.07 bits per heavy atom. The van der Waals surface area contributed by atoms with E-state index in [1.54, 1.807) is 6.07 Å². The maximum Gasteiger partial charge on any atom is 0.326 e. The number of anilines is 1. The van der Waals surface area contributed by atoms with Crippen molar-refractivity contribution in [3.05, 3.63) is 60.2 Å². The van der Waals surface area contributed by atoms with Gasteiger partial charge in [-0.2, -0.15) is 13.7 Å². The second kappa shape index (κ2) is 7.11. The standard InChI is InChI=1S/C21H17N3O4S/c22-8-2-4-14-3-1-5-15(9-14)16-6-7-17-12-20(25)19(11-18(17)10-16)24-13-21(26)23-29(24,27)28/h1,3,5-7,9-12,25H,2,4,13H2,(H,23,26). The second-order valence-corrected chi connectivity index (χ2v) is 8.39. The molecule has 1 amide bonds. The molecule has 0 unspecified atom stereocenters. The van der Waals surface area contributed by atoms with Crippen molar-refractivity contribution in [2.24, 2.45) is 0 Å². The van der Waals surface area contributed by atoms with E-state index in [-0.39, 0.29) is 18.0 Å². The van der Waals surface area contributed by atoms with Crippen LogP contribution in [-0.4, -0.2) is 26.0 Å². The van der Waals surface area contributed by atoms with Gasteiger partial charge in [0, 0.05) is 6.42 Å². The van der Waals surface area contributed by atoms with Crippen LogP contribution in [0.1, 0.15) is 12.0 Å². The van der Waals surface area contributed by atoms with Crippen molar-refractivity contribution in [2.45, 2.75) is 12.8 Å². The number of aryl methyl sites for hydroxylation is 1. The van der Waals surface area contributed by atoms with E-state index in [0.29, 0.717) is 12.8 Å². The van der Waals surface area contributed by atoms with E-state index in [1.165, 1.54) is 6.07 Å². The van der Waals surface area contributed by atoms with Crippen molar-refractivity contribution in [1.29, 1.82) is 5.26 Å². The van der Waals surface area contributed by atoms with Crippen LogP contribution in [0, 0.1) is 11.3 Å². The number of fused-ring (bicyclic) bond motifs is 1. The van der Waals surface area contributed by atoms with Crippen molar-refractivity contribution in [1.82, 2.24) is 4.72 Å². The summed E-state index contributed by atoms with van der Waals surface area (Å²) < 4.78 is 27.0. The fourth-order valence-electron chi connectivity index (χ4n) is 3.42. The van der Waals surface area contributed by atoms with E-state index < -0.39 is 16.1 Å². The Kier molecular flexibility index (Phi) is 4.60. The minimum atomic E-state index is -4.01. The van der Waals surface area contributed by atoms with Crippen LogP contribution in [0.2, 0.25) is 0 Å². The predicted molar refractivity (Wildman–Crippen MR) is 109 cm³/mol. The van der Waals surface area contributed by atoms with Gasteiger partial charge in [-0.05, 0) is 52.1 Å². The molecule has 29 heavy (non-hydrogen) atoms. The third-order valence-electron chi connectivity index (χ3n) is 4.81. The summed E-state index contributed by atoms with van der Waals surface area (Å²) in [5.74, 6) is -0.865. The Morgan fingerprint density at radius 2 is 1.86 bits per heavy atom. The van der Waals surface area contributed by atoms with Crippen molar-refractivity contribution >= 4 is 32.6 Å². The van der Waals surface area contributed by atoms with E-state index in [4.69, 9.17) is 5.26 Å². The smallest absolute Gasteiger partial charge is 0.326 e. The molecule has 1 aliphatic rings. The lowest BCUT2D eigenvalue weighted by molar-refractivity contribution is -0.117. The van der Waals surface area contributed by atoms with Gasteiger partial charge in [0.05, 0.1) is 11.8 Å². The van der Waals surface area contributed by atoms with Crippen molar-refractivity contribution in [3.8, 4) is 22.9 Å². The first-order chi connectivity index (χ1) is 13.9. The maximum atomic E-state index is 12.1. The van der Waals surface area contributed by atoms with Gasteiger partial charge in [-0.25, -0.2) is 9.03 Å². The topological polar surface area (TPSA) is 110 Å². The Morgan fingerprint density at radius 3 is 2.59 bits per heavy atom. The van der Waals surface area contributed by atoms with Gasteiger partial charge in [0.1, 0.15) is 12.3 Å². The fourth-order valence-corrected chi connectivity index (χ4v) is 4.58. The number of carbonyl (C=O) groups is 1. The van der Waals surface area contributed by atoms with Gasteiger partial charge < -0.3 is 5.11 Å². The normalized spacial score (nSPS) is 15.3. The molecule has 0 saturated carbocycles. The monoisotopic (exact) mass is 407 g/mol. The van der Waals surface area contributed by atoms with Crippen molar-refractivity contribution < 1.29 is 18.3 Å². The Bertz CT molecular complexity index is 1280. The van der Waals surface area contributed by atoms with Gasteiger partial charge in [-0.15, -0.1) is 0 Å². The van der Waals surface area contributed by atoms with Crippen LogP contribution in [-0.2, 0) is 21.4 Å². The number of aromatic hydroxyl groups is 1. The van der Waals surface area contributed by atoms with Crippen LogP contribution >= 0.6 is 0 Å². The number of nitrogens with zero attached hydrogens (tertiary/aromatic N) is 2. The number of nitrogens with one attached hydrogen (secondary N) is 1. The largest absolute Gasteiger partial charge is 0.506 e. The van der Waals surface area contributed by atoms with Crippen LogP contribution in [0.3, 0.4) is 0 Å². The van der Waals surface area contributed by atoms with Gasteiger partial charge in [0.25, 0.3) is 5.91 Å². The van der Waals surface area contributed by atoms with Gasteiger partial charge in [0.15, 0.2) is 0 Å². The summed E-state index contributed by atoms with van der Waals surface area (Å²) in [7, 11) is -4.01. The van der Waals surface area contributed by atoms with Crippen LogP contribution < -0.4 is 9.03 Å². The molecule has 3 aromatic carbocycles. The lowest BCUT2D eigenvalue weighted by atomic mass is 9.98. The van der Waals surface area contributed by atoms with Gasteiger partial charge >= 0.3 is 10.2 Å². The highest BCUT2D eigenvalue weighted by molar-refractivity contribution is 7.92. The van der Waals surface area contributed by atoms with Gasteiger partial charge in [0.2, 0.25) is 0 Å². The predicted octanol–water partition coefficient (Wildman–Crippen LogP) is 2.85. The molecular formula is C21H17N3O4S. The summed E-state index contributed by atoms with van der Waals surface area (Å²) in [5.41, 5.74) is 3.01. The molecule has 0 atom stereocenters. The average molecular weight is 407 g/mol. The fraction of sp³-hybridized carbons (Fsp3) is 0.143. The van der Waals surface area contributed by atoms with Crippen LogP contribution in [0.25, 0.3) is 21.9 Å². The summed E-state index contributed by atoms with van der Waals surface area (Å²) >= 11 is 0. The quantitative estimate of drug-likeness (QED) is 0.691. The number of amides is 1. The maximum absolute atomic E-state index is 12.1. The highest BCUT2D eigenvalue weighted by Gasteiger charge is 2.35. The third kappa shape index (κ3) is 3.60. The minimum Gasteiger partial charge on any atom is -0.506 e. The summed E-state index contributed by atoms with van der Waals surface area (Å²) in [4.78, 5) is 11.5. The molecule has 0 spiro atoms. The van der Waals surface area contributed by atoms with E-state index >= 15 is 0 Å². The number of nitriles is 1. The number of hydrogen-bond donors (Lipinski definition) is 2. The molecule has 7 nitrogen and oxygen atoms in total. The molecule has 3 aromatic rings. The van der Waals surface area contributed by atoms with Gasteiger partial charge in [-0.3, -0.25) is 4.79 Å². The van der Waals surface area contributed by atoms with Crippen molar-refractivity contribution in [3.63, 3.8) is 0 Å². The number of phenols is 1. The lowest BCUT2D eigenvalue weighted by Gasteiger charge is -2.17. The number of rotatable bonds is 4. The van der Waals surface area contributed by atoms with E-state index in [0.717, 1.165) is 31.8 Å². The lowest BCUT2D eigenvalue weighted by Crippen LogP contribution is -2.29. The molecule has 1 saturated heterocycles. The average Bonchev–Trinajstić information content (AvgIpc) is 2.97. The molecule has 0 radical (unpaired) electrons. The summed E-state index contributed by atoms with van der Waals surface area (Å²) in [6.07, 6.45) is 1.12. The summed E-state index contributed by atoms with van der Waals surface area (Å²) in [6.45, 7) is -0.373. The Hall–Kier alpha value is -3.57. The van der Waals surface area contributed by atoms with Crippen LogP contribution in [0.4, 0.5) is 5.69 Å². The number of benzene rings is 3. The summed E-state index contributed by atoms with van der Waals surface area (Å²) in [5, 5.41) is 20.6. The summed E-state index contributed by atoms with van der Waals surface area (Å²) in [6, 6.07) is 18.7. The van der Waals surface area contributed by atoms with Crippen LogP contribution in [0.5, 0.6) is 5.75 Å². The molecule has 0 aliphatic carbocycles. The third-order valence-corrected chi connectivity index (χ3v) is 6.20. The first-order valence-corrected chi connectivity index (χ1v) is 10.4. The van der Waals surface area contributed by atoms with E-state index in [2.05, 4.69) is 6.07 Å². The number of phenolic OH excluding ortho intramolecular Hbond substituents is 1. The number of hydrogen-bond acceptors (Lipinski definition) is 5. The molecule has 8 heteroatoms. The van der Waals surface area contributed by atoms with E-state index in [9.17, 15) is 18.3 Å². The second-order valence-electron chi connectivity index (χ2n) is 6.80. The highest BCUT2D eigenvalue weighted by atomic mass is 32.2. The SMILES string of the molecule is N#CCCc1cccc(-c2ccc3cc(O)c(N4CC(=O)NS4(=O)=O)cc3c2)c1. The number of carbonyl (C=O) groups excluding carboxylic acids is 1. The zero-order valence-corrected chi connectivity index (χ0v) is 16.1. The molecule has 0 aromatic heterocycles. The molecule has 1 fully saturated rings. The first kappa shape index (κ1) is 18.8. The molecular weight excluding hydrogens is 390 g/mol. The van der Waals surface area contributed by atoms with Crippen LogP contribution in [0.15, 0.2) is 54.6 Å². The molecule has 146 valence electrons. The highest BCUT2D eigenvalue weighted by Crippen LogP contribution is 2.36. The Labute approximate surface area is 168 Å². The molecule has 1 heterocycles.